The van der Waals surface area contributed by atoms with E-state index in [1.54, 1.807) is 0 Å². The second-order valence-electron chi connectivity index (χ2n) is 6.52. The van der Waals surface area contributed by atoms with Crippen LogP contribution in [0.15, 0.2) is 18.2 Å². The van der Waals surface area contributed by atoms with Gasteiger partial charge >= 0.3 is 0 Å². The summed E-state index contributed by atoms with van der Waals surface area (Å²) in [5.41, 5.74) is 3.13. The molecule has 108 valence electrons. The SMILES string of the molecule is Cc1cc(C)cc(CC(C)(O)CCNCC(C)C)c1. The highest BCUT2D eigenvalue weighted by molar-refractivity contribution is 5.29. The fourth-order valence-corrected chi connectivity index (χ4v) is 2.45. The van der Waals surface area contributed by atoms with Gasteiger partial charge in [0.25, 0.3) is 0 Å². The Hall–Kier alpha value is -0.860. The van der Waals surface area contributed by atoms with E-state index in [2.05, 4.69) is 51.2 Å². The molecule has 0 saturated heterocycles. The van der Waals surface area contributed by atoms with Gasteiger partial charge in [0.15, 0.2) is 0 Å². The van der Waals surface area contributed by atoms with Crippen molar-refractivity contribution in [1.82, 2.24) is 5.32 Å². The maximum atomic E-state index is 10.5. The lowest BCUT2D eigenvalue weighted by Crippen LogP contribution is -2.33. The molecule has 0 spiro atoms. The lowest BCUT2D eigenvalue weighted by atomic mass is 9.91. The molecule has 0 radical (unpaired) electrons. The Labute approximate surface area is 118 Å². The van der Waals surface area contributed by atoms with Crippen LogP contribution < -0.4 is 5.32 Å². The average Bonchev–Trinajstić information content (AvgIpc) is 2.22. The summed E-state index contributed by atoms with van der Waals surface area (Å²) in [7, 11) is 0. The zero-order valence-corrected chi connectivity index (χ0v) is 13.1. The first-order chi connectivity index (χ1) is 8.78. The molecule has 1 aromatic carbocycles. The van der Waals surface area contributed by atoms with Crippen LogP contribution in [-0.2, 0) is 6.42 Å². The summed E-state index contributed by atoms with van der Waals surface area (Å²) in [6, 6.07) is 6.51. The summed E-state index contributed by atoms with van der Waals surface area (Å²) in [5, 5.41) is 13.9. The fraction of sp³-hybridized carbons (Fsp3) is 0.647. The van der Waals surface area contributed by atoms with E-state index >= 15 is 0 Å². The smallest absolute Gasteiger partial charge is 0.0672 e. The van der Waals surface area contributed by atoms with Gasteiger partial charge < -0.3 is 10.4 Å². The van der Waals surface area contributed by atoms with Crippen LogP contribution >= 0.6 is 0 Å². The van der Waals surface area contributed by atoms with Crippen molar-refractivity contribution in [3.63, 3.8) is 0 Å². The van der Waals surface area contributed by atoms with E-state index in [1.807, 2.05) is 6.92 Å². The zero-order chi connectivity index (χ0) is 14.5. The second kappa shape index (κ2) is 7.06. The van der Waals surface area contributed by atoms with Crippen LogP contribution in [0.1, 0.15) is 43.9 Å². The molecule has 2 heteroatoms. The number of benzene rings is 1. The van der Waals surface area contributed by atoms with Gasteiger partial charge in [0, 0.05) is 6.42 Å². The van der Waals surface area contributed by atoms with Crippen LogP contribution in [0.5, 0.6) is 0 Å². The topological polar surface area (TPSA) is 32.3 Å². The van der Waals surface area contributed by atoms with Crippen LogP contribution in [0.25, 0.3) is 0 Å². The van der Waals surface area contributed by atoms with Gasteiger partial charge in [-0.3, -0.25) is 0 Å². The number of hydrogen-bond acceptors (Lipinski definition) is 2. The van der Waals surface area contributed by atoms with Gasteiger partial charge in [-0.1, -0.05) is 43.2 Å². The van der Waals surface area contributed by atoms with Crippen LogP contribution in [0.2, 0.25) is 0 Å². The molecule has 2 nitrogen and oxygen atoms in total. The van der Waals surface area contributed by atoms with Gasteiger partial charge in [-0.15, -0.1) is 0 Å². The molecule has 0 aliphatic heterocycles. The molecular formula is C17H29NO. The van der Waals surface area contributed by atoms with Crippen molar-refractivity contribution in [3.8, 4) is 0 Å². The standard InChI is InChI=1S/C17H29NO/c1-13(2)12-18-7-6-17(5,19)11-16-9-14(3)8-15(4)10-16/h8-10,13,18-19H,6-7,11-12H2,1-5H3. The van der Waals surface area contributed by atoms with Gasteiger partial charge in [0.05, 0.1) is 5.60 Å². The van der Waals surface area contributed by atoms with E-state index in [9.17, 15) is 5.11 Å². The van der Waals surface area contributed by atoms with E-state index in [4.69, 9.17) is 0 Å². The number of aliphatic hydroxyl groups is 1. The Morgan fingerprint density at radius 2 is 1.74 bits per heavy atom. The normalized spacial score (nSPS) is 14.7. The molecular weight excluding hydrogens is 234 g/mol. The Kier molecular flexibility index (Phi) is 6.02. The van der Waals surface area contributed by atoms with Crippen molar-refractivity contribution in [2.24, 2.45) is 5.92 Å². The van der Waals surface area contributed by atoms with Crippen LogP contribution in [-0.4, -0.2) is 23.8 Å². The third-order valence-electron chi connectivity index (χ3n) is 3.26. The van der Waals surface area contributed by atoms with Gasteiger partial charge in [0.2, 0.25) is 0 Å². The second-order valence-corrected chi connectivity index (χ2v) is 6.52. The molecule has 2 N–H and O–H groups in total. The van der Waals surface area contributed by atoms with Gasteiger partial charge in [0.1, 0.15) is 0 Å². The molecule has 0 amide bonds. The molecule has 0 aliphatic carbocycles. The lowest BCUT2D eigenvalue weighted by Gasteiger charge is -2.24. The molecule has 0 heterocycles. The fourth-order valence-electron chi connectivity index (χ4n) is 2.45. The minimum atomic E-state index is -0.635. The summed E-state index contributed by atoms with van der Waals surface area (Å²) in [4.78, 5) is 0. The summed E-state index contributed by atoms with van der Waals surface area (Å²) < 4.78 is 0. The first kappa shape index (κ1) is 16.2. The van der Waals surface area contributed by atoms with E-state index in [0.717, 1.165) is 25.9 Å². The monoisotopic (exact) mass is 263 g/mol. The summed E-state index contributed by atoms with van der Waals surface area (Å²) in [6.45, 7) is 12.4. The van der Waals surface area contributed by atoms with E-state index in [-0.39, 0.29) is 0 Å². The molecule has 19 heavy (non-hydrogen) atoms. The highest BCUT2D eigenvalue weighted by Gasteiger charge is 2.20. The minimum absolute atomic E-state index is 0.635. The first-order valence-electron chi connectivity index (χ1n) is 7.29. The largest absolute Gasteiger partial charge is 0.390 e. The predicted molar refractivity (Wildman–Crippen MR) is 82.6 cm³/mol. The van der Waals surface area contributed by atoms with Crippen molar-refractivity contribution in [2.75, 3.05) is 13.1 Å². The number of aryl methyl sites for hydroxylation is 2. The first-order valence-corrected chi connectivity index (χ1v) is 7.29. The third kappa shape index (κ3) is 6.74. The van der Waals surface area contributed by atoms with Crippen LogP contribution in [0, 0.1) is 19.8 Å². The molecule has 0 fully saturated rings. The number of nitrogens with one attached hydrogen (secondary N) is 1. The van der Waals surface area contributed by atoms with Crippen LogP contribution in [0.4, 0.5) is 0 Å². The predicted octanol–water partition coefficient (Wildman–Crippen LogP) is 3.23. The molecule has 0 aliphatic rings. The van der Waals surface area contributed by atoms with Crippen molar-refractivity contribution in [2.45, 2.75) is 53.1 Å². The number of rotatable bonds is 7. The summed E-state index contributed by atoms with van der Waals surface area (Å²) in [5.74, 6) is 0.657. The Balaban J connectivity index is 2.49. The third-order valence-corrected chi connectivity index (χ3v) is 3.26. The van der Waals surface area contributed by atoms with E-state index in [0.29, 0.717) is 5.92 Å². The minimum Gasteiger partial charge on any atom is -0.390 e. The van der Waals surface area contributed by atoms with E-state index in [1.165, 1.54) is 16.7 Å². The highest BCUT2D eigenvalue weighted by Crippen LogP contribution is 2.18. The Morgan fingerprint density at radius 3 is 2.26 bits per heavy atom. The quantitative estimate of drug-likeness (QED) is 0.740. The summed E-state index contributed by atoms with van der Waals surface area (Å²) >= 11 is 0. The van der Waals surface area contributed by atoms with Gasteiger partial charge in [-0.25, -0.2) is 0 Å². The summed E-state index contributed by atoms with van der Waals surface area (Å²) in [6.07, 6.45) is 1.51. The van der Waals surface area contributed by atoms with Crippen molar-refractivity contribution in [3.05, 3.63) is 34.9 Å². The molecule has 1 aromatic rings. The Morgan fingerprint density at radius 1 is 1.16 bits per heavy atom. The Bertz CT molecular complexity index is 376. The molecule has 1 atom stereocenters. The van der Waals surface area contributed by atoms with E-state index < -0.39 is 5.60 Å². The van der Waals surface area contributed by atoms with Crippen LogP contribution in [0.3, 0.4) is 0 Å². The zero-order valence-electron chi connectivity index (χ0n) is 13.1. The number of hydrogen-bond donors (Lipinski definition) is 2. The molecule has 0 aromatic heterocycles. The van der Waals surface area contributed by atoms with Crippen molar-refractivity contribution >= 4 is 0 Å². The van der Waals surface area contributed by atoms with Gasteiger partial charge in [-0.2, -0.15) is 0 Å². The maximum absolute atomic E-state index is 10.5. The lowest BCUT2D eigenvalue weighted by molar-refractivity contribution is 0.0514. The van der Waals surface area contributed by atoms with Gasteiger partial charge in [-0.05, 0) is 51.8 Å². The maximum Gasteiger partial charge on any atom is 0.0672 e. The van der Waals surface area contributed by atoms with Crippen molar-refractivity contribution < 1.29 is 5.11 Å². The molecule has 1 unspecified atom stereocenters. The molecule has 0 bridgehead atoms. The molecule has 0 saturated carbocycles. The van der Waals surface area contributed by atoms with Crippen molar-refractivity contribution in [1.29, 1.82) is 0 Å². The highest BCUT2D eigenvalue weighted by atomic mass is 16.3. The molecule has 1 rings (SSSR count). The average molecular weight is 263 g/mol.